The number of aryl methyl sites for hydroxylation is 3. The summed E-state index contributed by atoms with van der Waals surface area (Å²) in [4.78, 5) is 40.5. The molecular formula is C24H27N5O4S. The van der Waals surface area contributed by atoms with Crippen molar-refractivity contribution in [2.45, 2.75) is 26.9 Å². The van der Waals surface area contributed by atoms with Crippen LogP contribution in [0.4, 0.5) is 5.82 Å². The fourth-order valence-corrected chi connectivity index (χ4v) is 5.35. The van der Waals surface area contributed by atoms with Crippen LogP contribution in [0.15, 0.2) is 24.3 Å². The van der Waals surface area contributed by atoms with Gasteiger partial charge >= 0.3 is 0 Å². The second-order valence-corrected chi connectivity index (χ2v) is 9.71. The second-order valence-electron chi connectivity index (χ2n) is 8.51. The number of benzene rings is 1. The van der Waals surface area contributed by atoms with Crippen LogP contribution in [-0.2, 0) is 9.59 Å². The van der Waals surface area contributed by atoms with Gasteiger partial charge in [0.15, 0.2) is 11.5 Å². The van der Waals surface area contributed by atoms with E-state index in [9.17, 15) is 9.59 Å². The van der Waals surface area contributed by atoms with Crippen LogP contribution in [0, 0.1) is 20.8 Å². The van der Waals surface area contributed by atoms with Crippen LogP contribution in [0.5, 0.6) is 11.5 Å². The molecule has 5 rings (SSSR count). The zero-order valence-electron chi connectivity index (χ0n) is 19.5. The van der Waals surface area contributed by atoms with E-state index in [1.54, 1.807) is 27.2 Å². The molecule has 0 spiro atoms. The normalized spacial score (nSPS) is 17.7. The predicted octanol–water partition coefficient (Wildman–Crippen LogP) is 2.54. The van der Waals surface area contributed by atoms with Gasteiger partial charge in [0.2, 0.25) is 12.0 Å². The monoisotopic (exact) mass is 481 g/mol. The van der Waals surface area contributed by atoms with E-state index in [0.29, 0.717) is 49.3 Å². The standard InChI is InChI=1S/C24H27N5O4S/c1-14-15(2)34-23-21(14)22(26-16(3)27-23)25-12-20(30)28-8-10-29(11-9-28)24(31)19-13-32-17-6-4-5-7-18(17)33-19/h4-7,19H,8-13H2,1-3H3,(H,25,26,27)/t19-/m0/s1. The first-order chi connectivity index (χ1) is 16.4. The summed E-state index contributed by atoms with van der Waals surface area (Å²) in [6.07, 6.45) is -0.667. The molecule has 0 bridgehead atoms. The van der Waals surface area contributed by atoms with Gasteiger partial charge in [-0.1, -0.05) is 12.1 Å². The highest BCUT2D eigenvalue weighted by Gasteiger charge is 2.33. The van der Waals surface area contributed by atoms with Gasteiger partial charge in [0.25, 0.3) is 5.91 Å². The number of carbonyl (C=O) groups excluding carboxylic acids is 2. The van der Waals surface area contributed by atoms with E-state index in [0.717, 1.165) is 15.8 Å². The van der Waals surface area contributed by atoms with Crippen molar-refractivity contribution in [1.82, 2.24) is 19.8 Å². The van der Waals surface area contributed by atoms with Crippen LogP contribution in [0.25, 0.3) is 10.2 Å². The maximum Gasteiger partial charge on any atom is 0.267 e. The van der Waals surface area contributed by atoms with Crippen molar-refractivity contribution < 1.29 is 19.1 Å². The van der Waals surface area contributed by atoms with Gasteiger partial charge in [-0.3, -0.25) is 9.59 Å². The number of hydrogen-bond donors (Lipinski definition) is 1. The molecule has 178 valence electrons. The van der Waals surface area contributed by atoms with Crippen LogP contribution in [0.2, 0.25) is 0 Å². The number of amides is 2. The number of piperazine rings is 1. The number of hydrogen-bond acceptors (Lipinski definition) is 8. The van der Waals surface area contributed by atoms with Gasteiger partial charge in [0, 0.05) is 31.1 Å². The summed E-state index contributed by atoms with van der Waals surface area (Å²) in [5, 5.41) is 4.20. The maximum atomic E-state index is 12.9. The van der Waals surface area contributed by atoms with E-state index < -0.39 is 6.10 Å². The van der Waals surface area contributed by atoms with Gasteiger partial charge in [-0.15, -0.1) is 11.3 Å². The number of nitrogens with one attached hydrogen (secondary N) is 1. The fourth-order valence-electron chi connectivity index (χ4n) is 4.28. The number of ether oxygens (including phenoxy) is 2. The van der Waals surface area contributed by atoms with E-state index in [2.05, 4.69) is 29.1 Å². The Morgan fingerprint density at radius 1 is 1.06 bits per heavy atom. The van der Waals surface area contributed by atoms with Gasteiger partial charge in [-0.2, -0.15) is 0 Å². The minimum absolute atomic E-state index is 0.0210. The minimum atomic E-state index is -0.667. The van der Waals surface area contributed by atoms with Crippen molar-refractivity contribution in [3.05, 3.63) is 40.5 Å². The highest BCUT2D eigenvalue weighted by Crippen LogP contribution is 2.33. The lowest BCUT2D eigenvalue weighted by molar-refractivity contribution is -0.145. The molecule has 0 unspecified atom stereocenters. The zero-order chi connectivity index (χ0) is 23.8. The molecule has 2 aromatic heterocycles. The van der Waals surface area contributed by atoms with Crippen molar-refractivity contribution in [2.75, 3.05) is 44.6 Å². The van der Waals surface area contributed by atoms with Gasteiger partial charge in [0.1, 0.15) is 23.1 Å². The first kappa shape index (κ1) is 22.4. The van der Waals surface area contributed by atoms with Crippen molar-refractivity contribution in [3.63, 3.8) is 0 Å². The number of rotatable bonds is 4. The largest absolute Gasteiger partial charge is 0.485 e. The van der Waals surface area contributed by atoms with Crippen molar-refractivity contribution >= 4 is 39.2 Å². The lowest BCUT2D eigenvalue weighted by Crippen LogP contribution is -2.55. The highest BCUT2D eigenvalue weighted by atomic mass is 32.1. The third kappa shape index (κ3) is 4.25. The Labute approximate surface area is 201 Å². The van der Waals surface area contributed by atoms with E-state index in [-0.39, 0.29) is 25.0 Å². The lowest BCUT2D eigenvalue weighted by atomic mass is 10.2. The number of anilines is 1. The SMILES string of the molecule is Cc1nc(NCC(=O)N2CCN(C(=O)[C@@H]3COc4ccccc4O3)CC2)c2c(C)c(C)sc2n1. The lowest BCUT2D eigenvalue weighted by Gasteiger charge is -2.37. The summed E-state index contributed by atoms with van der Waals surface area (Å²) < 4.78 is 11.5. The molecule has 2 aliphatic heterocycles. The molecule has 34 heavy (non-hydrogen) atoms. The zero-order valence-corrected chi connectivity index (χ0v) is 20.3. The summed E-state index contributed by atoms with van der Waals surface area (Å²) in [5.41, 5.74) is 1.14. The molecule has 2 aliphatic rings. The summed E-state index contributed by atoms with van der Waals surface area (Å²) in [7, 11) is 0. The van der Waals surface area contributed by atoms with Gasteiger partial charge in [0.05, 0.1) is 11.9 Å². The molecule has 1 aromatic carbocycles. The average Bonchev–Trinajstić information content (AvgIpc) is 3.14. The summed E-state index contributed by atoms with van der Waals surface area (Å²) in [6.45, 7) is 8.18. The van der Waals surface area contributed by atoms with Crippen molar-refractivity contribution in [1.29, 1.82) is 0 Å². The average molecular weight is 482 g/mol. The Bertz CT molecular complexity index is 1250. The van der Waals surface area contributed by atoms with Crippen molar-refractivity contribution in [2.24, 2.45) is 0 Å². The van der Waals surface area contributed by atoms with E-state index in [4.69, 9.17) is 9.47 Å². The van der Waals surface area contributed by atoms with E-state index in [1.807, 2.05) is 25.1 Å². The molecule has 0 aliphatic carbocycles. The molecule has 1 atom stereocenters. The Hall–Kier alpha value is -3.40. The van der Waals surface area contributed by atoms with Crippen LogP contribution in [-0.4, -0.2) is 77.0 Å². The smallest absolute Gasteiger partial charge is 0.267 e. The quantitative estimate of drug-likeness (QED) is 0.612. The number of nitrogens with zero attached hydrogens (tertiary/aromatic N) is 4. The van der Waals surface area contributed by atoms with Gasteiger partial charge in [-0.25, -0.2) is 9.97 Å². The molecule has 10 heteroatoms. The van der Waals surface area contributed by atoms with Gasteiger partial charge < -0.3 is 24.6 Å². The molecule has 0 radical (unpaired) electrons. The molecule has 0 saturated carbocycles. The fraction of sp³-hybridized carbons (Fsp3) is 0.417. The highest BCUT2D eigenvalue weighted by molar-refractivity contribution is 7.18. The Kier molecular flexibility index (Phi) is 5.99. The second kappa shape index (κ2) is 9.09. The van der Waals surface area contributed by atoms with E-state index >= 15 is 0 Å². The Balaban J connectivity index is 1.16. The molecule has 3 aromatic rings. The number of para-hydroxylation sites is 2. The third-order valence-corrected chi connectivity index (χ3v) is 7.38. The number of aromatic nitrogens is 2. The molecule has 9 nitrogen and oxygen atoms in total. The van der Waals surface area contributed by atoms with Crippen LogP contribution >= 0.6 is 11.3 Å². The first-order valence-electron chi connectivity index (χ1n) is 11.3. The third-order valence-electron chi connectivity index (χ3n) is 6.28. The van der Waals surface area contributed by atoms with Crippen LogP contribution < -0.4 is 14.8 Å². The van der Waals surface area contributed by atoms with Crippen LogP contribution in [0.1, 0.15) is 16.3 Å². The van der Waals surface area contributed by atoms with Crippen LogP contribution in [0.3, 0.4) is 0 Å². The molecular weight excluding hydrogens is 454 g/mol. The summed E-state index contributed by atoms with van der Waals surface area (Å²) >= 11 is 1.64. The number of thiophene rings is 1. The van der Waals surface area contributed by atoms with Gasteiger partial charge in [-0.05, 0) is 38.5 Å². The summed E-state index contributed by atoms with van der Waals surface area (Å²) in [6, 6.07) is 7.34. The summed E-state index contributed by atoms with van der Waals surface area (Å²) in [5.74, 6) is 2.47. The molecule has 1 saturated heterocycles. The molecule has 4 heterocycles. The molecule has 1 fully saturated rings. The van der Waals surface area contributed by atoms with E-state index in [1.165, 1.54) is 4.88 Å². The predicted molar refractivity (Wildman–Crippen MR) is 130 cm³/mol. The Morgan fingerprint density at radius 2 is 1.76 bits per heavy atom. The molecule has 1 N–H and O–H groups in total. The topological polar surface area (TPSA) is 96.9 Å². The number of carbonyl (C=O) groups is 2. The first-order valence-corrected chi connectivity index (χ1v) is 12.2. The minimum Gasteiger partial charge on any atom is -0.485 e. The Morgan fingerprint density at radius 3 is 2.53 bits per heavy atom. The van der Waals surface area contributed by atoms with Crippen molar-refractivity contribution in [3.8, 4) is 11.5 Å². The molecule has 2 amide bonds. The maximum absolute atomic E-state index is 12.9. The number of fused-ring (bicyclic) bond motifs is 2.